The fourth-order valence-corrected chi connectivity index (χ4v) is 3.25. The molecule has 0 radical (unpaired) electrons. The molecule has 0 unspecified atom stereocenters. The zero-order valence-electron chi connectivity index (χ0n) is 14.8. The van der Waals surface area contributed by atoms with Crippen LogP contribution >= 0.6 is 0 Å². The molecule has 1 amide bonds. The number of benzene rings is 3. The van der Waals surface area contributed by atoms with E-state index in [1.165, 1.54) is 12.1 Å². The molecule has 0 aliphatic carbocycles. The number of para-hydroxylation sites is 1. The highest BCUT2D eigenvalue weighted by molar-refractivity contribution is 6.04. The van der Waals surface area contributed by atoms with Crippen LogP contribution in [0.4, 0.5) is 5.69 Å². The summed E-state index contributed by atoms with van der Waals surface area (Å²) in [7, 11) is 0. The van der Waals surface area contributed by atoms with Crippen molar-refractivity contribution in [3.05, 3.63) is 94.0 Å². The molecule has 0 aliphatic heterocycles. The van der Waals surface area contributed by atoms with Gasteiger partial charge in [0.25, 0.3) is 11.6 Å². The second kappa shape index (κ2) is 6.96. The van der Waals surface area contributed by atoms with Crippen molar-refractivity contribution in [1.82, 2.24) is 9.55 Å². The van der Waals surface area contributed by atoms with Crippen LogP contribution < -0.4 is 5.73 Å². The fourth-order valence-electron chi connectivity index (χ4n) is 3.25. The molecule has 0 fully saturated rings. The third-order valence-electron chi connectivity index (χ3n) is 4.54. The second-order valence-corrected chi connectivity index (χ2v) is 6.35. The summed E-state index contributed by atoms with van der Waals surface area (Å²) in [5, 5.41) is 11.2. The topological polar surface area (TPSA) is 104 Å². The van der Waals surface area contributed by atoms with Gasteiger partial charge < -0.3 is 10.3 Å². The summed E-state index contributed by atoms with van der Waals surface area (Å²) < 4.78 is 1.94. The number of primary amides is 1. The molecule has 0 spiro atoms. The standard InChI is InChI=1S/C21H16N4O3/c22-20(26)17-10-5-11-18-19(17)23-21(15-8-4-9-16(12-15)25(27)28)24(18)13-14-6-2-1-3-7-14/h1-12H,13H2,(H2,22,26). The Morgan fingerprint density at radius 2 is 1.79 bits per heavy atom. The van der Waals surface area contributed by atoms with Crippen molar-refractivity contribution in [2.24, 2.45) is 5.73 Å². The molecule has 1 heterocycles. The number of nitrogens with zero attached hydrogens (tertiary/aromatic N) is 3. The number of nitrogens with two attached hydrogens (primary N) is 1. The second-order valence-electron chi connectivity index (χ2n) is 6.35. The molecule has 0 saturated heterocycles. The molecular weight excluding hydrogens is 356 g/mol. The van der Waals surface area contributed by atoms with Gasteiger partial charge in [0.2, 0.25) is 0 Å². The average Bonchev–Trinajstić information content (AvgIpc) is 3.07. The molecule has 0 aliphatic rings. The lowest BCUT2D eigenvalue weighted by Crippen LogP contribution is -2.11. The highest BCUT2D eigenvalue weighted by Gasteiger charge is 2.19. The molecule has 4 aromatic rings. The van der Waals surface area contributed by atoms with Crippen molar-refractivity contribution in [2.45, 2.75) is 6.54 Å². The molecule has 138 valence electrons. The molecule has 28 heavy (non-hydrogen) atoms. The minimum atomic E-state index is -0.569. The number of imidazole rings is 1. The van der Waals surface area contributed by atoms with E-state index >= 15 is 0 Å². The van der Waals surface area contributed by atoms with E-state index in [0.717, 1.165) is 11.1 Å². The van der Waals surface area contributed by atoms with Crippen LogP contribution in [0.25, 0.3) is 22.4 Å². The van der Waals surface area contributed by atoms with Crippen LogP contribution in [0.1, 0.15) is 15.9 Å². The first-order valence-electron chi connectivity index (χ1n) is 8.62. The van der Waals surface area contributed by atoms with Crippen LogP contribution in [-0.4, -0.2) is 20.4 Å². The normalized spacial score (nSPS) is 10.9. The van der Waals surface area contributed by atoms with Gasteiger partial charge in [-0.3, -0.25) is 14.9 Å². The van der Waals surface area contributed by atoms with Gasteiger partial charge in [-0.15, -0.1) is 0 Å². The highest BCUT2D eigenvalue weighted by atomic mass is 16.6. The van der Waals surface area contributed by atoms with E-state index in [4.69, 9.17) is 5.73 Å². The number of hydrogen-bond acceptors (Lipinski definition) is 4. The number of non-ortho nitro benzene ring substituents is 1. The third-order valence-corrected chi connectivity index (χ3v) is 4.54. The lowest BCUT2D eigenvalue weighted by molar-refractivity contribution is -0.384. The van der Waals surface area contributed by atoms with Crippen LogP contribution in [0.3, 0.4) is 0 Å². The largest absolute Gasteiger partial charge is 0.366 e. The average molecular weight is 372 g/mol. The first-order valence-corrected chi connectivity index (χ1v) is 8.62. The summed E-state index contributed by atoms with van der Waals surface area (Å²) in [5.41, 5.74) is 8.66. The van der Waals surface area contributed by atoms with E-state index in [9.17, 15) is 14.9 Å². The summed E-state index contributed by atoms with van der Waals surface area (Å²) in [5.74, 6) is -0.0307. The van der Waals surface area contributed by atoms with Crippen LogP contribution in [0.15, 0.2) is 72.8 Å². The number of rotatable bonds is 5. The number of nitro benzene ring substituents is 1. The predicted molar refractivity (Wildman–Crippen MR) is 106 cm³/mol. The van der Waals surface area contributed by atoms with Crippen LogP contribution in [0.2, 0.25) is 0 Å². The minimum absolute atomic E-state index is 0.0223. The van der Waals surface area contributed by atoms with E-state index in [-0.39, 0.29) is 5.69 Å². The van der Waals surface area contributed by atoms with Gasteiger partial charge in [0.15, 0.2) is 0 Å². The van der Waals surface area contributed by atoms with Gasteiger partial charge in [0.1, 0.15) is 11.3 Å². The van der Waals surface area contributed by atoms with Gasteiger partial charge >= 0.3 is 0 Å². The Kier molecular flexibility index (Phi) is 4.33. The van der Waals surface area contributed by atoms with Gasteiger partial charge in [0, 0.05) is 24.2 Å². The van der Waals surface area contributed by atoms with Crippen molar-refractivity contribution in [3.63, 3.8) is 0 Å². The molecule has 3 aromatic carbocycles. The van der Waals surface area contributed by atoms with Crippen LogP contribution in [0, 0.1) is 10.1 Å². The number of carbonyl (C=O) groups excluding carboxylic acids is 1. The zero-order chi connectivity index (χ0) is 19.7. The number of aromatic nitrogens is 2. The Morgan fingerprint density at radius 3 is 2.50 bits per heavy atom. The van der Waals surface area contributed by atoms with E-state index < -0.39 is 10.8 Å². The summed E-state index contributed by atoms with van der Waals surface area (Å²) in [4.78, 5) is 27.2. The first-order chi connectivity index (χ1) is 13.5. The Morgan fingerprint density at radius 1 is 1.04 bits per heavy atom. The Hall–Kier alpha value is -4.00. The predicted octanol–water partition coefficient (Wildman–Crippen LogP) is 3.76. The maximum Gasteiger partial charge on any atom is 0.270 e. The molecular formula is C21H16N4O3. The maximum atomic E-state index is 11.9. The van der Waals surface area contributed by atoms with Crippen molar-refractivity contribution >= 4 is 22.6 Å². The molecule has 1 aromatic heterocycles. The molecule has 0 bridgehead atoms. The molecule has 0 atom stereocenters. The number of hydrogen-bond donors (Lipinski definition) is 1. The number of carbonyl (C=O) groups is 1. The van der Waals surface area contributed by atoms with Gasteiger partial charge in [-0.1, -0.05) is 48.5 Å². The van der Waals surface area contributed by atoms with Gasteiger partial charge in [-0.25, -0.2) is 4.98 Å². The molecule has 7 nitrogen and oxygen atoms in total. The highest BCUT2D eigenvalue weighted by Crippen LogP contribution is 2.29. The number of nitro groups is 1. The fraction of sp³-hybridized carbons (Fsp3) is 0.0476. The summed E-state index contributed by atoms with van der Waals surface area (Å²) in [6.45, 7) is 0.498. The van der Waals surface area contributed by atoms with Crippen LogP contribution in [-0.2, 0) is 6.54 Å². The lowest BCUT2D eigenvalue weighted by Gasteiger charge is -2.10. The third kappa shape index (κ3) is 3.09. The Labute approximate surface area is 160 Å². The van der Waals surface area contributed by atoms with Gasteiger partial charge in [-0.05, 0) is 17.7 Å². The minimum Gasteiger partial charge on any atom is -0.366 e. The van der Waals surface area contributed by atoms with E-state index in [1.54, 1.807) is 24.3 Å². The SMILES string of the molecule is NC(=O)c1cccc2c1nc(-c1cccc([N+](=O)[O-])c1)n2Cc1ccccc1. The first kappa shape index (κ1) is 17.4. The Balaban J connectivity index is 1.97. The van der Waals surface area contributed by atoms with E-state index in [1.807, 2.05) is 41.0 Å². The van der Waals surface area contributed by atoms with Crippen molar-refractivity contribution in [2.75, 3.05) is 0 Å². The molecule has 2 N–H and O–H groups in total. The molecule has 7 heteroatoms. The van der Waals surface area contributed by atoms with Crippen molar-refractivity contribution in [3.8, 4) is 11.4 Å². The van der Waals surface area contributed by atoms with E-state index in [0.29, 0.717) is 29.0 Å². The molecule has 4 rings (SSSR count). The monoisotopic (exact) mass is 372 g/mol. The van der Waals surface area contributed by atoms with E-state index in [2.05, 4.69) is 4.98 Å². The summed E-state index contributed by atoms with van der Waals surface area (Å²) in [6.07, 6.45) is 0. The Bertz CT molecular complexity index is 1200. The smallest absolute Gasteiger partial charge is 0.270 e. The number of fused-ring (bicyclic) bond motifs is 1. The quantitative estimate of drug-likeness (QED) is 0.425. The number of amides is 1. The van der Waals surface area contributed by atoms with Gasteiger partial charge in [0.05, 0.1) is 16.0 Å². The zero-order valence-corrected chi connectivity index (χ0v) is 14.8. The lowest BCUT2D eigenvalue weighted by atomic mass is 10.1. The summed E-state index contributed by atoms with van der Waals surface area (Å²) >= 11 is 0. The van der Waals surface area contributed by atoms with Gasteiger partial charge in [-0.2, -0.15) is 0 Å². The molecule has 0 saturated carbocycles. The summed E-state index contributed by atoms with van der Waals surface area (Å²) in [6, 6.07) is 21.3. The van der Waals surface area contributed by atoms with Crippen molar-refractivity contribution in [1.29, 1.82) is 0 Å². The van der Waals surface area contributed by atoms with Crippen LogP contribution in [0.5, 0.6) is 0 Å². The maximum absolute atomic E-state index is 11.9. The van der Waals surface area contributed by atoms with Crippen molar-refractivity contribution < 1.29 is 9.72 Å².